The van der Waals surface area contributed by atoms with E-state index in [1.165, 1.54) is 0 Å². The molecule has 0 aliphatic heterocycles. The van der Waals surface area contributed by atoms with Gasteiger partial charge in [-0.2, -0.15) is 0 Å². The van der Waals surface area contributed by atoms with Gasteiger partial charge in [0.25, 0.3) is 5.91 Å². The number of halogens is 2. The summed E-state index contributed by atoms with van der Waals surface area (Å²) < 4.78 is 5.02. The van der Waals surface area contributed by atoms with Crippen LogP contribution in [0.25, 0.3) is 10.9 Å². The van der Waals surface area contributed by atoms with E-state index in [9.17, 15) is 4.79 Å². The van der Waals surface area contributed by atoms with Crippen molar-refractivity contribution in [3.8, 4) is 0 Å². The van der Waals surface area contributed by atoms with Crippen LogP contribution in [0.1, 0.15) is 48.3 Å². The first-order valence-electron chi connectivity index (χ1n) is 10.4. The molecule has 0 spiro atoms. The van der Waals surface area contributed by atoms with Crippen LogP contribution in [0.5, 0.6) is 0 Å². The molecule has 1 fully saturated rings. The number of guanidine groups is 1. The monoisotopic (exact) mass is 485 g/mol. The molecule has 1 aliphatic rings. The molecule has 0 bridgehead atoms. The summed E-state index contributed by atoms with van der Waals surface area (Å²) in [6.07, 6.45) is 4.73. The summed E-state index contributed by atoms with van der Waals surface area (Å²) in [5, 5.41) is 7.23. The molecule has 9 nitrogen and oxygen atoms in total. The van der Waals surface area contributed by atoms with Gasteiger partial charge in [0.05, 0.1) is 17.6 Å². The largest absolute Gasteiger partial charge is 0.385 e. The smallest absolute Gasteiger partial charge is 0.289 e. The summed E-state index contributed by atoms with van der Waals surface area (Å²) in [7, 11) is 1.63. The molecule has 1 aromatic carbocycles. The van der Waals surface area contributed by atoms with Crippen molar-refractivity contribution in [1.82, 2.24) is 15.3 Å². The first kappa shape index (κ1) is 27.7. The van der Waals surface area contributed by atoms with E-state index in [1.807, 2.05) is 25.1 Å². The number of rotatable bonds is 8. The highest BCUT2D eigenvalue weighted by Gasteiger charge is 2.26. The fraction of sp³-hybridized carbons (Fsp3) is 0.524. The van der Waals surface area contributed by atoms with Crippen LogP contribution in [-0.2, 0) is 4.74 Å². The van der Waals surface area contributed by atoms with Crippen molar-refractivity contribution in [2.24, 2.45) is 16.5 Å². The van der Waals surface area contributed by atoms with Gasteiger partial charge in [0.1, 0.15) is 5.82 Å². The average molecular weight is 486 g/mol. The Hall–Kier alpha value is -2.36. The fourth-order valence-corrected chi connectivity index (χ4v) is 3.75. The van der Waals surface area contributed by atoms with E-state index in [4.69, 9.17) is 16.2 Å². The molecule has 32 heavy (non-hydrogen) atoms. The third-order valence-electron chi connectivity index (χ3n) is 5.23. The van der Waals surface area contributed by atoms with E-state index in [-0.39, 0.29) is 54.6 Å². The van der Waals surface area contributed by atoms with Gasteiger partial charge in [-0.3, -0.25) is 4.79 Å². The summed E-state index contributed by atoms with van der Waals surface area (Å²) in [6, 6.07) is 5.92. The van der Waals surface area contributed by atoms with Gasteiger partial charge in [0.2, 0.25) is 5.82 Å². The van der Waals surface area contributed by atoms with Crippen molar-refractivity contribution in [2.45, 2.75) is 51.1 Å². The molecule has 1 amide bonds. The molecular formula is C21H33Cl2N7O2. The summed E-state index contributed by atoms with van der Waals surface area (Å²) in [5.74, 6) is 0.558. The van der Waals surface area contributed by atoms with Crippen molar-refractivity contribution in [1.29, 1.82) is 0 Å². The number of carbonyl (C=O) groups excluding carboxylic acids is 1. The van der Waals surface area contributed by atoms with E-state index in [0.29, 0.717) is 24.5 Å². The van der Waals surface area contributed by atoms with E-state index in [1.54, 1.807) is 7.11 Å². The maximum Gasteiger partial charge on any atom is 0.289 e. The molecule has 1 heterocycles. The zero-order valence-corrected chi connectivity index (χ0v) is 20.1. The lowest BCUT2D eigenvalue weighted by molar-refractivity contribution is 0.0938. The zero-order chi connectivity index (χ0) is 21.5. The predicted molar refractivity (Wildman–Crippen MR) is 133 cm³/mol. The van der Waals surface area contributed by atoms with Crippen LogP contribution in [0, 0.1) is 6.92 Å². The van der Waals surface area contributed by atoms with Gasteiger partial charge in [0.15, 0.2) is 5.96 Å². The quantitative estimate of drug-likeness (QED) is 0.255. The number of aliphatic imine (C=N–C) groups is 1. The van der Waals surface area contributed by atoms with Crippen LogP contribution >= 0.6 is 24.8 Å². The molecule has 1 aromatic heterocycles. The molecule has 0 unspecified atom stereocenters. The Labute approximate surface area is 201 Å². The standard InChI is InChI=1S/C21H31N7O2.2ClH/c1-13-8-9-15-14(12-13)18(26-16-6-3-4-7-17(16)27-21(22)23)28-19(25-15)20(29)24-10-5-11-30-2;;/h8-9,12,16-17H,3-7,10-11H2,1-2H3,(H,24,29)(H4,22,23,27)(H,25,26,28);2*1H/t16-,17+;;/m0../s1. The van der Waals surface area contributed by atoms with Gasteiger partial charge in [-0.05, 0) is 38.3 Å². The van der Waals surface area contributed by atoms with Gasteiger partial charge >= 0.3 is 0 Å². The Morgan fingerprint density at radius 2 is 1.97 bits per heavy atom. The molecule has 0 saturated heterocycles. The van der Waals surface area contributed by atoms with Gasteiger partial charge in [-0.1, -0.05) is 24.5 Å². The van der Waals surface area contributed by atoms with Gasteiger partial charge < -0.3 is 26.8 Å². The number of ether oxygens (including phenoxy) is 1. The number of amides is 1. The van der Waals surface area contributed by atoms with Gasteiger partial charge in [0, 0.05) is 25.6 Å². The molecular weight excluding hydrogens is 453 g/mol. The molecule has 1 saturated carbocycles. The zero-order valence-electron chi connectivity index (χ0n) is 18.5. The summed E-state index contributed by atoms with van der Waals surface area (Å²) in [4.78, 5) is 26.1. The van der Waals surface area contributed by atoms with Crippen LogP contribution < -0.4 is 22.1 Å². The molecule has 2 aromatic rings. The van der Waals surface area contributed by atoms with Gasteiger partial charge in [-0.25, -0.2) is 15.0 Å². The molecule has 3 rings (SSSR count). The SMILES string of the molecule is COCCCNC(=O)c1nc(N[C@H]2CCCC[C@H]2N=C(N)N)c2cc(C)ccc2n1.Cl.Cl. The molecule has 11 heteroatoms. The summed E-state index contributed by atoms with van der Waals surface area (Å²) in [5.41, 5.74) is 13.1. The third kappa shape index (κ3) is 7.36. The number of anilines is 1. The first-order valence-corrected chi connectivity index (χ1v) is 10.4. The number of hydrogen-bond acceptors (Lipinski definition) is 6. The van der Waals surface area contributed by atoms with Crippen LogP contribution in [0.2, 0.25) is 0 Å². The molecule has 178 valence electrons. The van der Waals surface area contributed by atoms with Crippen LogP contribution in [0.4, 0.5) is 5.82 Å². The first-order chi connectivity index (χ1) is 14.5. The molecule has 2 atom stereocenters. The lowest BCUT2D eigenvalue weighted by atomic mass is 9.90. The maximum atomic E-state index is 12.6. The Balaban J connectivity index is 0.00000256. The van der Waals surface area contributed by atoms with Gasteiger partial charge in [-0.15, -0.1) is 24.8 Å². The topological polar surface area (TPSA) is 141 Å². The Morgan fingerprint density at radius 1 is 1.22 bits per heavy atom. The van der Waals surface area contributed by atoms with Crippen LogP contribution in [0.3, 0.4) is 0 Å². The van der Waals surface area contributed by atoms with E-state index in [0.717, 1.165) is 43.1 Å². The second-order valence-electron chi connectivity index (χ2n) is 7.68. The second kappa shape index (κ2) is 13.2. The third-order valence-corrected chi connectivity index (χ3v) is 5.23. The molecule has 0 radical (unpaired) electrons. The predicted octanol–water partition coefficient (Wildman–Crippen LogP) is 2.54. The van der Waals surface area contributed by atoms with Crippen molar-refractivity contribution in [3.05, 3.63) is 29.6 Å². The minimum absolute atomic E-state index is 0. The molecule has 6 N–H and O–H groups in total. The number of nitrogens with one attached hydrogen (secondary N) is 2. The number of methoxy groups -OCH3 is 1. The number of nitrogens with zero attached hydrogens (tertiary/aromatic N) is 3. The fourth-order valence-electron chi connectivity index (χ4n) is 3.75. The van der Waals surface area contributed by atoms with Crippen LogP contribution in [0.15, 0.2) is 23.2 Å². The number of carbonyl (C=O) groups is 1. The summed E-state index contributed by atoms with van der Waals surface area (Å²) >= 11 is 0. The molecule has 1 aliphatic carbocycles. The minimum Gasteiger partial charge on any atom is -0.385 e. The van der Waals surface area contributed by atoms with Crippen molar-refractivity contribution in [2.75, 3.05) is 25.6 Å². The number of fused-ring (bicyclic) bond motifs is 1. The van der Waals surface area contributed by atoms with Crippen molar-refractivity contribution >= 4 is 53.4 Å². The summed E-state index contributed by atoms with van der Waals surface area (Å²) in [6.45, 7) is 3.10. The highest BCUT2D eigenvalue weighted by atomic mass is 35.5. The second-order valence-corrected chi connectivity index (χ2v) is 7.68. The van der Waals surface area contributed by atoms with E-state index >= 15 is 0 Å². The minimum atomic E-state index is -0.305. The lowest BCUT2D eigenvalue weighted by Gasteiger charge is -2.30. The number of hydrogen-bond donors (Lipinski definition) is 4. The highest BCUT2D eigenvalue weighted by molar-refractivity contribution is 5.96. The van der Waals surface area contributed by atoms with Crippen molar-refractivity contribution in [3.63, 3.8) is 0 Å². The van der Waals surface area contributed by atoms with E-state index < -0.39 is 0 Å². The average Bonchev–Trinajstić information content (AvgIpc) is 2.72. The Bertz CT molecular complexity index is 922. The normalized spacial score (nSPS) is 17.6. The number of aromatic nitrogens is 2. The van der Waals surface area contributed by atoms with E-state index in [2.05, 4.69) is 25.6 Å². The Morgan fingerprint density at radius 3 is 2.69 bits per heavy atom. The Kier molecular flexibility index (Phi) is 11.5. The number of aryl methyl sites for hydroxylation is 1. The van der Waals surface area contributed by atoms with Crippen molar-refractivity contribution < 1.29 is 9.53 Å². The highest BCUT2D eigenvalue weighted by Crippen LogP contribution is 2.28. The van der Waals surface area contributed by atoms with Crippen LogP contribution in [-0.4, -0.2) is 54.2 Å². The maximum absolute atomic E-state index is 12.6. The number of nitrogens with two attached hydrogens (primary N) is 2. The lowest BCUT2D eigenvalue weighted by Crippen LogP contribution is -2.38. The number of benzene rings is 1.